The van der Waals surface area contributed by atoms with Crippen molar-refractivity contribution in [2.24, 2.45) is 5.92 Å². The van der Waals surface area contributed by atoms with Crippen molar-refractivity contribution in [1.29, 1.82) is 0 Å². The first-order valence-corrected chi connectivity index (χ1v) is 5.27. The molecule has 0 aromatic carbocycles. The SMILES string of the molecule is CCNCC1CCC(NC=O)CC1. The quantitative estimate of drug-likeness (QED) is 0.623. The molecule has 0 radical (unpaired) electrons. The number of carbonyl (C=O) groups is 1. The number of amides is 1. The molecule has 1 rings (SSSR count). The molecule has 1 aliphatic carbocycles. The Morgan fingerprint density at radius 2 is 2.00 bits per heavy atom. The molecule has 0 aliphatic heterocycles. The van der Waals surface area contributed by atoms with Crippen LogP contribution in [0.1, 0.15) is 32.6 Å². The van der Waals surface area contributed by atoms with Crippen LogP contribution >= 0.6 is 0 Å². The Balaban J connectivity index is 2.11. The lowest BCUT2D eigenvalue weighted by Gasteiger charge is -2.28. The van der Waals surface area contributed by atoms with E-state index in [1.54, 1.807) is 0 Å². The molecule has 2 N–H and O–H groups in total. The van der Waals surface area contributed by atoms with Crippen LogP contribution in [-0.2, 0) is 4.79 Å². The van der Waals surface area contributed by atoms with Crippen LogP contribution in [0, 0.1) is 5.92 Å². The van der Waals surface area contributed by atoms with Gasteiger partial charge in [-0.2, -0.15) is 0 Å². The summed E-state index contributed by atoms with van der Waals surface area (Å²) in [6.07, 6.45) is 5.62. The summed E-state index contributed by atoms with van der Waals surface area (Å²) in [5, 5.41) is 6.23. The van der Waals surface area contributed by atoms with Gasteiger partial charge in [-0.05, 0) is 44.7 Å². The Bertz CT molecular complexity index is 142. The van der Waals surface area contributed by atoms with E-state index in [0.717, 1.165) is 38.3 Å². The summed E-state index contributed by atoms with van der Waals surface area (Å²) in [6.45, 7) is 4.34. The molecular weight excluding hydrogens is 164 g/mol. The molecule has 0 spiro atoms. The van der Waals surface area contributed by atoms with Gasteiger partial charge in [0.25, 0.3) is 0 Å². The van der Waals surface area contributed by atoms with E-state index < -0.39 is 0 Å². The van der Waals surface area contributed by atoms with Gasteiger partial charge in [-0.25, -0.2) is 0 Å². The predicted molar refractivity (Wildman–Crippen MR) is 53.5 cm³/mol. The molecule has 3 heteroatoms. The van der Waals surface area contributed by atoms with Crippen LogP contribution in [0.2, 0.25) is 0 Å². The minimum atomic E-state index is 0.440. The van der Waals surface area contributed by atoms with Gasteiger partial charge >= 0.3 is 0 Å². The van der Waals surface area contributed by atoms with Crippen molar-refractivity contribution in [3.05, 3.63) is 0 Å². The first kappa shape index (κ1) is 10.5. The van der Waals surface area contributed by atoms with Gasteiger partial charge in [0, 0.05) is 6.04 Å². The molecular formula is C10H20N2O. The summed E-state index contributed by atoms with van der Waals surface area (Å²) in [5.41, 5.74) is 0. The Labute approximate surface area is 80.3 Å². The van der Waals surface area contributed by atoms with Crippen LogP contribution < -0.4 is 10.6 Å². The van der Waals surface area contributed by atoms with Crippen LogP contribution in [0.15, 0.2) is 0 Å². The fourth-order valence-electron chi connectivity index (χ4n) is 1.98. The highest BCUT2D eigenvalue weighted by atomic mass is 16.1. The highest BCUT2D eigenvalue weighted by Crippen LogP contribution is 2.23. The van der Waals surface area contributed by atoms with E-state index >= 15 is 0 Å². The molecule has 1 amide bonds. The molecule has 0 heterocycles. The molecule has 13 heavy (non-hydrogen) atoms. The van der Waals surface area contributed by atoms with Gasteiger partial charge in [-0.3, -0.25) is 4.79 Å². The summed E-state index contributed by atoms with van der Waals surface area (Å²) in [7, 11) is 0. The molecule has 0 bridgehead atoms. The second-order valence-electron chi connectivity index (χ2n) is 3.81. The number of nitrogens with one attached hydrogen (secondary N) is 2. The van der Waals surface area contributed by atoms with Gasteiger partial charge in [0.2, 0.25) is 6.41 Å². The Morgan fingerprint density at radius 3 is 2.54 bits per heavy atom. The highest BCUT2D eigenvalue weighted by molar-refractivity contribution is 5.46. The van der Waals surface area contributed by atoms with Gasteiger partial charge in [-0.15, -0.1) is 0 Å². The van der Waals surface area contributed by atoms with Crippen LogP contribution in [0.4, 0.5) is 0 Å². The smallest absolute Gasteiger partial charge is 0.207 e. The monoisotopic (exact) mass is 184 g/mol. The Morgan fingerprint density at radius 1 is 1.31 bits per heavy atom. The minimum Gasteiger partial charge on any atom is -0.356 e. The van der Waals surface area contributed by atoms with Crippen molar-refractivity contribution in [2.75, 3.05) is 13.1 Å². The van der Waals surface area contributed by atoms with Crippen molar-refractivity contribution in [3.8, 4) is 0 Å². The van der Waals surface area contributed by atoms with E-state index in [1.165, 1.54) is 12.8 Å². The van der Waals surface area contributed by atoms with Crippen molar-refractivity contribution in [2.45, 2.75) is 38.6 Å². The van der Waals surface area contributed by atoms with Gasteiger partial charge < -0.3 is 10.6 Å². The van der Waals surface area contributed by atoms with E-state index in [-0.39, 0.29) is 0 Å². The van der Waals surface area contributed by atoms with Gasteiger partial charge in [0.05, 0.1) is 0 Å². The number of rotatable bonds is 5. The van der Waals surface area contributed by atoms with E-state index in [1.807, 2.05) is 0 Å². The standard InChI is InChI=1S/C10H20N2O/c1-2-11-7-9-3-5-10(6-4-9)12-8-13/h8-11H,2-7H2,1H3,(H,12,13). The van der Waals surface area contributed by atoms with Crippen LogP contribution in [0.25, 0.3) is 0 Å². The molecule has 1 saturated carbocycles. The fourth-order valence-corrected chi connectivity index (χ4v) is 1.98. The van der Waals surface area contributed by atoms with E-state index in [0.29, 0.717) is 6.04 Å². The fraction of sp³-hybridized carbons (Fsp3) is 0.900. The van der Waals surface area contributed by atoms with Crippen molar-refractivity contribution in [1.82, 2.24) is 10.6 Å². The average Bonchev–Trinajstić information content (AvgIpc) is 2.17. The molecule has 0 unspecified atom stereocenters. The van der Waals surface area contributed by atoms with E-state index in [2.05, 4.69) is 17.6 Å². The molecule has 0 saturated heterocycles. The summed E-state index contributed by atoms with van der Waals surface area (Å²) in [5.74, 6) is 0.824. The maximum atomic E-state index is 10.2. The zero-order valence-electron chi connectivity index (χ0n) is 8.38. The predicted octanol–water partition coefficient (Wildman–Crippen LogP) is 0.901. The summed E-state index contributed by atoms with van der Waals surface area (Å²) in [6, 6.07) is 0.440. The lowest BCUT2D eigenvalue weighted by Crippen LogP contribution is -2.34. The first-order chi connectivity index (χ1) is 6.36. The molecule has 0 aromatic rings. The second-order valence-corrected chi connectivity index (χ2v) is 3.81. The van der Waals surface area contributed by atoms with Crippen molar-refractivity contribution < 1.29 is 4.79 Å². The normalized spacial score (nSPS) is 28.4. The highest BCUT2D eigenvalue weighted by Gasteiger charge is 2.19. The zero-order chi connectivity index (χ0) is 9.52. The Hall–Kier alpha value is -0.570. The van der Waals surface area contributed by atoms with E-state index in [9.17, 15) is 4.79 Å². The number of carbonyl (C=O) groups excluding carboxylic acids is 1. The third-order valence-electron chi connectivity index (χ3n) is 2.83. The third kappa shape index (κ3) is 3.77. The number of hydrogen-bond acceptors (Lipinski definition) is 2. The maximum absolute atomic E-state index is 10.2. The largest absolute Gasteiger partial charge is 0.356 e. The van der Waals surface area contributed by atoms with Crippen LogP contribution in [-0.4, -0.2) is 25.5 Å². The topological polar surface area (TPSA) is 41.1 Å². The lowest BCUT2D eigenvalue weighted by atomic mass is 9.86. The van der Waals surface area contributed by atoms with Gasteiger partial charge in [0.1, 0.15) is 0 Å². The van der Waals surface area contributed by atoms with Crippen molar-refractivity contribution in [3.63, 3.8) is 0 Å². The maximum Gasteiger partial charge on any atom is 0.207 e. The van der Waals surface area contributed by atoms with Crippen LogP contribution in [0.5, 0.6) is 0 Å². The van der Waals surface area contributed by atoms with E-state index in [4.69, 9.17) is 0 Å². The lowest BCUT2D eigenvalue weighted by molar-refractivity contribution is -0.110. The zero-order valence-corrected chi connectivity index (χ0v) is 8.38. The first-order valence-electron chi connectivity index (χ1n) is 5.27. The molecule has 0 aromatic heterocycles. The van der Waals surface area contributed by atoms with Crippen LogP contribution in [0.3, 0.4) is 0 Å². The molecule has 0 atom stereocenters. The minimum absolute atomic E-state index is 0.440. The third-order valence-corrected chi connectivity index (χ3v) is 2.83. The summed E-state index contributed by atoms with van der Waals surface area (Å²) < 4.78 is 0. The molecule has 76 valence electrons. The van der Waals surface area contributed by atoms with Gasteiger partial charge in [0.15, 0.2) is 0 Å². The summed E-state index contributed by atoms with van der Waals surface area (Å²) in [4.78, 5) is 10.2. The van der Waals surface area contributed by atoms with Gasteiger partial charge in [-0.1, -0.05) is 6.92 Å². The summed E-state index contributed by atoms with van der Waals surface area (Å²) >= 11 is 0. The van der Waals surface area contributed by atoms with Crippen molar-refractivity contribution >= 4 is 6.41 Å². The molecule has 1 aliphatic rings. The average molecular weight is 184 g/mol. The second kappa shape index (κ2) is 5.97. The number of hydrogen-bond donors (Lipinski definition) is 2. The Kier molecular flexibility index (Phi) is 4.83. The molecule has 1 fully saturated rings. The molecule has 3 nitrogen and oxygen atoms in total.